The third-order valence-electron chi connectivity index (χ3n) is 6.27. The van der Waals surface area contributed by atoms with Crippen LogP contribution in [0.1, 0.15) is 42.5 Å². The maximum absolute atomic E-state index is 13.5. The number of rotatable bonds is 9. The highest BCUT2D eigenvalue weighted by molar-refractivity contribution is 5.83. The average molecular weight is 514 g/mol. The van der Waals surface area contributed by atoms with Crippen LogP contribution in [0.5, 0.6) is 0 Å². The van der Waals surface area contributed by atoms with Gasteiger partial charge in [-0.2, -0.15) is 0 Å². The van der Waals surface area contributed by atoms with E-state index in [4.69, 9.17) is 14.6 Å². The van der Waals surface area contributed by atoms with Crippen molar-refractivity contribution in [1.82, 2.24) is 14.7 Å². The van der Waals surface area contributed by atoms with Crippen LogP contribution in [0.4, 0.5) is 4.39 Å². The van der Waals surface area contributed by atoms with Gasteiger partial charge in [-0.3, -0.25) is 14.2 Å². The Morgan fingerprint density at radius 1 is 1.00 bits per heavy atom. The van der Waals surface area contributed by atoms with Crippen molar-refractivity contribution >= 4 is 16.9 Å². The maximum Gasteiger partial charge on any atom is 0.303 e. The van der Waals surface area contributed by atoms with E-state index in [2.05, 4.69) is 5.16 Å². The van der Waals surface area contributed by atoms with Crippen LogP contribution in [0.3, 0.4) is 0 Å². The minimum atomic E-state index is -0.976. The van der Waals surface area contributed by atoms with Gasteiger partial charge in [0, 0.05) is 24.5 Å². The zero-order valence-electron chi connectivity index (χ0n) is 20.3. The molecule has 0 aliphatic rings. The number of aliphatic hydroxyl groups excluding tert-OH is 1. The van der Waals surface area contributed by atoms with Crippen molar-refractivity contribution in [2.45, 2.75) is 31.8 Å². The first-order valence-corrected chi connectivity index (χ1v) is 12.1. The first kappa shape index (κ1) is 25.0. The van der Waals surface area contributed by atoms with E-state index in [0.717, 1.165) is 0 Å². The van der Waals surface area contributed by atoms with Crippen LogP contribution in [-0.4, -0.2) is 30.9 Å². The summed E-state index contributed by atoms with van der Waals surface area (Å²) in [6.07, 6.45) is 0.336. The van der Waals surface area contributed by atoms with Gasteiger partial charge < -0.3 is 14.7 Å². The van der Waals surface area contributed by atoms with Gasteiger partial charge in [0.15, 0.2) is 5.76 Å². The minimum absolute atomic E-state index is 0.0157. The van der Waals surface area contributed by atoms with E-state index in [1.54, 1.807) is 36.4 Å². The quantitative estimate of drug-likeness (QED) is 0.265. The number of halogens is 1. The summed E-state index contributed by atoms with van der Waals surface area (Å²) in [4.78, 5) is 29.2. The van der Waals surface area contributed by atoms with E-state index < -0.39 is 17.9 Å². The number of aliphatic carboxylic acids is 1. The molecule has 8 nitrogen and oxygen atoms in total. The second kappa shape index (κ2) is 10.8. The molecule has 3 aromatic carbocycles. The number of aromatic nitrogens is 3. The third-order valence-corrected chi connectivity index (χ3v) is 6.27. The zero-order valence-corrected chi connectivity index (χ0v) is 20.3. The fraction of sp³-hybridized carbons (Fsp3) is 0.172. The van der Waals surface area contributed by atoms with Crippen molar-refractivity contribution in [3.05, 3.63) is 112 Å². The number of aliphatic hydroxyl groups is 1. The Balaban J connectivity index is 1.53. The van der Waals surface area contributed by atoms with Crippen molar-refractivity contribution in [3.8, 4) is 16.9 Å². The third kappa shape index (κ3) is 5.23. The molecule has 0 unspecified atom stereocenters. The first-order chi connectivity index (χ1) is 18.4. The number of fused-ring (bicyclic) bond motifs is 1. The highest BCUT2D eigenvalue weighted by Gasteiger charge is 2.18. The summed E-state index contributed by atoms with van der Waals surface area (Å²) in [7, 11) is 0. The first-order valence-electron chi connectivity index (χ1n) is 12.1. The minimum Gasteiger partial charge on any atom is -0.481 e. The lowest BCUT2D eigenvalue weighted by Gasteiger charge is -2.14. The Kier molecular flexibility index (Phi) is 7.10. The molecule has 0 aliphatic heterocycles. The van der Waals surface area contributed by atoms with Gasteiger partial charge in [0.05, 0.1) is 16.6 Å². The number of benzene rings is 3. The molecule has 0 spiro atoms. The zero-order chi connectivity index (χ0) is 26.6. The number of carboxylic acids is 1. The van der Waals surface area contributed by atoms with Crippen molar-refractivity contribution in [1.29, 1.82) is 0 Å². The second-order valence-electron chi connectivity index (χ2n) is 8.91. The van der Waals surface area contributed by atoms with Crippen LogP contribution in [0, 0.1) is 5.82 Å². The molecule has 5 rings (SSSR count). The Bertz CT molecular complexity index is 1650. The standard InChI is InChI=1S/C29H24FN3O5/c30-20-11-13-21(14-12-20)33-26(8-4-5-9-27(34)35)31-24-16-19(10-15-22(24)29(33)37)23-17-25(38-32-23)28(36)18-6-2-1-3-7-18/h1-3,6-7,10-17,28,36H,4-5,8-9H2,(H,34,35)/t28-/m1/s1. The molecule has 0 saturated carbocycles. The molecule has 2 aromatic heterocycles. The monoisotopic (exact) mass is 513 g/mol. The number of hydrogen-bond acceptors (Lipinski definition) is 6. The molecule has 192 valence electrons. The van der Waals surface area contributed by atoms with Crippen LogP contribution in [0.2, 0.25) is 0 Å². The highest BCUT2D eigenvalue weighted by Crippen LogP contribution is 2.28. The van der Waals surface area contributed by atoms with E-state index in [1.165, 1.54) is 28.8 Å². The van der Waals surface area contributed by atoms with Crippen LogP contribution in [0.15, 0.2) is 88.2 Å². The Morgan fingerprint density at radius 2 is 1.76 bits per heavy atom. The molecule has 5 aromatic rings. The maximum atomic E-state index is 13.5. The molecule has 0 radical (unpaired) electrons. The number of carbonyl (C=O) groups is 1. The van der Waals surface area contributed by atoms with E-state index in [-0.39, 0.29) is 17.7 Å². The molecule has 38 heavy (non-hydrogen) atoms. The van der Waals surface area contributed by atoms with E-state index in [0.29, 0.717) is 58.5 Å². The molecule has 0 fully saturated rings. The normalized spacial score (nSPS) is 12.1. The SMILES string of the molecule is O=C(O)CCCCc1nc2cc(-c3cc([C@H](O)c4ccccc4)on3)ccc2c(=O)n1-c1ccc(F)cc1. The van der Waals surface area contributed by atoms with Crippen LogP contribution < -0.4 is 5.56 Å². The predicted molar refractivity (Wildman–Crippen MR) is 138 cm³/mol. The number of aryl methyl sites for hydroxylation is 1. The Morgan fingerprint density at radius 3 is 2.50 bits per heavy atom. The number of carboxylic acid groups (broad SMARTS) is 1. The largest absolute Gasteiger partial charge is 0.481 e. The van der Waals surface area contributed by atoms with Gasteiger partial charge in [0.2, 0.25) is 0 Å². The van der Waals surface area contributed by atoms with Crippen LogP contribution >= 0.6 is 0 Å². The smallest absolute Gasteiger partial charge is 0.303 e. The molecule has 0 amide bonds. The number of nitrogens with zero attached hydrogens (tertiary/aromatic N) is 3. The summed E-state index contributed by atoms with van der Waals surface area (Å²) < 4.78 is 20.4. The summed E-state index contributed by atoms with van der Waals surface area (Å²) >= 11 is 0. The van der Waals surface area contributed by atoms with E-state index in [1.807, 2.05) is 18.2 Å². The van der Waals surface area contributed by atoms with E-state index >= 15 is 0 Å². The Hall–Kier alpha value is -4.63. The van der Waals surface area contributed by atoms with Crippen LogP contribution in [-0.2, 0) is 11.2 Å². The number of hydrogen-bond donors (Lipinski definition) is 2. The van der Waals surface area contributed by atoms with Gasteiger partial charge in [0.1, 0.15) is 23.4 Å². The molecule has 9 heteroatoms. The summed E-state index contributed by atoms with van der Waals surface area (Å²) in [6.45, 7) is 0. The van der Waals surface area contributed by atoms with Gasteiger partial charge >= 0.3 is 5.97 Å². The second-order valence-corrected chi connectivity index (χ2v) is 8.91. The lowest BCUT2D eigenvalue weighted by atomic mass is 10.1. The highest BCUT2D eigenvalue weighted by atomic mass is 19.1. The average Bonchev–Trinajstić information content (AvgIpc) is 3.42. The Labute approximate surface area is 216 Å². The van der Waals surface area contributed by atoms with Gasteiger partial charge in [-0.1, -0.05) is 41.6 Å². The van der Waals surface area contributed by atoms with Gasteiger partial charge in [0.25, 0.3) is 5.56 Å². The van der Waals surface area contributed by atoms with Crippen molar-refractivity contribution in [2.75, 3.05) is 0 Å². The molecule has 1 atom stereocenters. The molecule has 2 N–H and O–H groups in total. The molecule has 0 aliphatic carbocycles. The molecule has 2 heterocycles. The van der Waals surface area contributed by atoms with E-state index in [9.17, 15) is 19.1 Å². The predicted octanol–water partition coefficient (Wildman–Crippen LogP) is 5.06. The topological polar surface area (TPSA) is 118 Å². The van der Waals surface area contributed by atoms with Crippen molar-refractivity contribution in [2.24, 2.45) is 0 Å². The lowest BCUT2D eigenvalue weighted by Crippen LogP contribution is -2.24. The van der Waals surface area contributed by atoms with Gasteiger partial charge in [-0.15, -0.1) is 0 Å². The summed E-state index contributed by atoms with van der Waals surface area (Å²) in [5.41, 5.74) is 2.39. The van der Waals surface area contributed by atoms with Crippen LogP contribution in [0.25, 0.3) is 27.8 Å². The molecular weight excluding hydrogens is 489 g/mol. The number of unbranched alkanes of at least 4 members (excludes halogenated alkanes) is 1. The lowest BCUT2D eigenvalue weighted by molar-refractivity contribution is -0.137. The summed E-state index contributed by atoms with van der Waals surface area (Å²) in [5, 5.41) is 24.1. The molecular formula is C29H24FN3O5. The fourth-order valence-corrected chi connectivity index (χ4v) is 4.33. The van der Waals surface area contributed by atoms with Crippen molar-refractivity contribution < 1.29 is 23.9 Å². The molecule has 0 saturated heterocycles. The van der Waals surface area contributed by atoms with Gasteiger partial charge in [-0.25, -0.2) is 9.37 Å². The molecule has 0 bridgehead atoms. The fourth-order valence-electron chi connectivity index (χ4n) is 4.33. The summed E-state index contributed by atoms with van der Waals surface area (Å²) in [6, 6.07) is 21.4. The van der Waals surface area contributed by atoms with Gasteiger partial charge in [-0.05, 0) is 54.8 Å². The summed E-state index contributed by atoms with van der Waals surface area (Å²) in [5.74, 6) is -0.587. The van der Waals surface area contributed by atoms with Crippen molar-refractivity contribution in [3.63, 3.8) is 0 Å².